The van der Waals surface area contributed by atoms with Crippen LogP contribution in [-0.4, -0.2) is 30.8 Å². The lowest BCUT2D eigenvalue weighted by Crippen LogP contribution is -2.30. The van der Waals surface area contributed by atoms with Crippen molar-refractivity contribution >= 4 is 0 Å². The number of hydrogen-bond donors (Lipinski definition) is 1. The standard InChI is InChI=1S/C25H23F3N4O2/c1-15-5-17(3-4-22(15)31-11-16(2)30-14-31)6-18-7-20(24(27)28)12-32(25(18)34)23(13-33)19-8-21(26)10-29-9-19/h3-5,7-12,14,23-24,33H,6,13H2,1-2H3/t23-/m0/s1. The van der Waals surface area contributed by atoms with Gasteiger partial charge < -0.3 is 14.2 Å². The van der Waals surface area contributed by atoms with E-state index in [1.165, 1.54) is 12.3 Å². The van der Waals surface area contributed by atoms with E-state index in [1.807, 2.05) is 42.8 Å². The first-order chi connectivity index (χ1) is 16.3. The second-order valence-corrected chi connectivity index (χ2v) is 8.17. The van der Waals surface area contributed by atoms with E-state index in [0.717, 1.165) is 45.5 Å². The molecule has 176 valence electrons. The van der Waals surface area contributed by atoms with Gasteiger partial charge in [0.05, 0.1) is 30.9 Å². The second-order valence-electron chi connectivity index (χ2n) is 8.17. The van der Waals surface area contributed by atoms with Crippen LogP contribution in [0.2, 0.25) is 0 Å². The summed E-state index contributed by atoms with van der Waals surface area (Å²) in [7, 11) is 0. The van der Waals surface area contributed by atoms with Crippen molar-refractivity contribution in [2.75, 3.05) is 6.61 Å². The first kappa shape index (κ1) is 23.4. The SMILES string of the molecule is Cc1cn(-c2ccc(Cc3cc(C(F)F)cn([C@@H](CO)c4cncc(F)c4)c3=O)cc2C)cn1. The monoisotopic (exact) mass is 468 g/mol. The van der Waals surface area contributed by atoms with Crippen LogP contribution in [0.5, 0.6) is 0 Å². The highest BCUT2D eigenvalue weighted by Crippen LogP contribution is 2.24. The molecule has 0 aliphatic carbocycles. The molecule has 0 aliphatic heterocycles. The van der Waals surface area contributed by atoms with Crippen molar-refractivity contribution in [3.05, 3.63) is 111 Å². The van der Waals surface area contributed by atoms with Crippen LogP contribution >= 0.6 is 0 Å². The Kier molecular flexibility index (Phi) is 6.65. The first-order valence-electron chi connectivity index (χ1n) is 10.6. The number of alkyl halides is 2. The van der Waals surface area contributed by atoms with E-state index in [4.69, 9.17) is 0 Å². The van der Waals surface area contributed by atoms with Gasteiger partial charge in [-0.25, -0.2) is 18.2 Å². The fourth-order valence-electron chi connectivity index (χ4n) is 4.02. The van der Waals surface area contributed by atoms with Crippen LogP contribution in [-0.2, 0) is 6.42 Å². The molecule has 0 saturated heterocycles. The lowest BCUT2D eigenvalue weighted by Gasteiger charge is -2.20. The zero-order valence-corrected chi connectivity index (χ0v) is 18.6. The van der Waals surface area contributed by atoms with E-state index in [-0.39, 0.29) is 23.1 Å². The Bertz CT molecular complexity index is 1380. The Morgan fingerprint density at radius 3 is 2.47 bits per heavy atom. The highest BCUT2D eigenvalue weighted by atomic mass is 19.3. The molecule has 9 heteroatoms. The molecule has 0 saturated carbocycles. The molecule has 0 radical (unpaired) electrons. The second kappa shape index (κ2) is 9.64. The molecule has 0 unspecified atom stereocenters. The van der Waals surface area contributed by atoms with Gasteiger partial charge in [-0.1, -0.05) is 12.1 Å². The van der Waals surface area contributed by atoms with Crippen LogP contribution < -0.4 is 5.56 Å². The number of aromatic nitrogens is 4. The molecule has 4 aromatic rings. The summed E-state index contributed by atoms with van der Waals surface area (Å²) in [4.78, 5) is 21.2. The summed E-state index contributed by atoms with van der Waals surface area (Å²) in [6.07, 6.45) is 4.18. The molecule has 1 aromatic carbocycles. The third-order valence-corrected chi connectivity index (χ3v) is 5.66. The molecule has 6 nitrogen and oxygen atoms in total. The average molecular weight is 468 g/mol. The van der Waals surface area contributed by atoms with Crippen LogP contribution in [0, 0.1) is 19.7 Å². The van der Waals surface area contributed by atoms with E-state index in [2.05, 4.69) is 9.97 Å². The number of halogens is 3. The molecule has 0 aliphatic rings. The number of aliphatic hydroxyl groups is 1. The van der Waals surface area contributed by atoms with Crippen LogP contribution in [0.3, 0.4) is 0 Å². The zero-order valence-electron chi connectivity index (χ0n) is 18.6. The maximum atomic E-state index is 13.7. The molecule has 1 atom stereocenters. The largest absolute Gasteiger partial charge is 0.394 e. The number of hydrogen-bond acceptors (Lipinski definition) is 4. The molecule has 0 fully saturated rings. The molecule has 3 heterocycles. The highest BCUT2D eigenvalue weighted by Gasteiger charge is 2.21. The van der Waals surface area contributed by atoms with Crippen molar-refractivity contribution in [2.24, 2.45) is 0 Å². The highest BCUT2D eigenvalue weighted by molar-refractivity contribution is 5.44. The topological polar surface area (TPSA) is 72.9 Å². The molecular weight excluding hydrogens is 445 g/mol. The van der Waals surface area contributed by atoms with Gasteiger partial charge >= 0.3 is 0 Å². The van der Waals surface area contributed by atoms with Crippen molar-refractivity contribution < 1.29 is 18.3 Å². The summed E-state index contributed by atoms with van der Waals surface area (Å²) in [6, 6.07) is 6.86. The maximum absolute atomic E-state index is 13.7. The van der Waals surface area contributed by atoms with E-state index in [1.54, 1.807) is 6.33 Å². The number of imidazole rings is 1. The van der Waals surface area contributed by atoms with Gasteiger partial charge in [0.1, 0.15) is 5.82 Å². The summed E-state index contributed by atoms with van der Waals surface area (Å²) in [5.41, 5.74) is 2.94. The molecule has 1 N–H and O–H groups in total. The number of benzene rings is 1. The minimum absolute atomic E-state index is 0.114. The van der Waals surface area contributed by atoms with Crippen LogP contribution in [0.4, 0.5) is 13.2 Å². The minimum atomic E-state index is -2.83. The van der Waals surface area contributed by atoms with Crippen molar-refractivity contribution in [2.45, 2.75) is 32.7 Å². The van der Waals surface area contributed by atoms with Gasteiger partial charge in [-0.15, -0.1) is 0 Å². The van der Waals surface area contributed by atoms with Crippen LogP contribution in [0.1, 0.15) is 46.0 Å². The summed E-state index contributed by atoms with van der Waals surface area (Å²) in [5, 5.41) is 9.93. The van der Waals surface area contributed by atoms with Crippen molar-refractivity contribution in [1.82, 2.24) is 19.1 Å². The Hall–Kier alpha value is -3.72. The average Bonchev–Trinajstić information content (AvgIpc) is 3.22. The first-order valence-corrected chi connectivity index (χ1v) is 10.6. The van der Waals surface area contributed by atoms with Crippen molar-refractivity contribution in [3.8, 4) is 5.69 Å². The van der Waals surface area contributed by atoms with Gasteiger partial charge in [0.25, 0.3) is 12.0 Å². The molecule has 0 amide bonds. The van der Waals surface area contributed by atoms with Crippen molar-refractivity contribution in [1.29, 1.82) is 0 Å². The van der Waals surface area contributed by atoms with Crippen LogP contribution in [0.25, 0.3) is 5.69 Å². The fraction of sp³-hybridized carbons (Fsp3) is 0.240. The summed E-state index contributed by atoms with van der Waals surface area (Å²) >= 11 is 0. The molecule has 0 bridgehead atoms. The molecular formula is C25H23F3N4O2. The van der Waals surface area contributed by atoms with Gasteiger partial charge in [-0.2, -0.15) is 0 Å². The Morgan fingerprint density at radius 1 is 1.06 bits per heavy atom. The Morgan fingerprint density at radius 2 is 1.85 bits per heavy atom. The van der Waals surface area contributed by atoms with E-state index in [0.29, 0.717) is 0 Å². The predicted molar refractivity (Wildman–Crippen MR) is 121 cm³/mol. The zero-order chi connectivity index (χ0) is 24.4. The number of aryl methyl sites for hydroxylation is 2. The van der Waals surface area contributed by atoms with E-state index < -0.39 is 30.5 Å². The smallest absolute Gasteiger partial charge is 0.265 e. The lowest BCUT2D eigenvalue weighted by molar-refractivity contribution is 0.149. The number of aliphatic hydroxyl groups excluding tert-OH is 1. The molecule has 34 heavy (non-hydrogen) atoms. The third kappa shape index (κ3) is 4.79. The molecule has 4 rings (SSSR count). The van der Waals surface area contributed by atoms with E-state index in [9.17, 15) is 23.1 Å². The summed E-state index contributed by atoms with van der Waals surface area (Å²) in [6.45, 7) is 3.22. The quantitative estimate of drug-likeness (QED) is 0.439. The Balaban J connectivity index is 1.74. The molecule has 3 aromatic heterocycles. The maximum Gasteiger partial charge on any atom is 0.265 e. The van der Waals surface area contributed by atoms with Gasteiger partial charge in [0, 0.05) is 41.8 Å². The van der Waals surface area contributed by atoms with Gasteiger partial charge in [-0.3, -0.25) is 9.78 Å². The third-order valence-electron chi connectivity index (χ3n) is 5.66. The Labute approximate surface area is 194 Å². The van der Waals surface area contributed by atoms with Crippen LogP contribution in [0.15, 0.2) is 66.2 Å². The lowest BCUT2D eigenvalue weighted by atomic mass is 10.0. The van der Waals surface area contributed by atoms with E-state index >= 15 is 0 Å². The minimum Gasteiger partial charge on any atom is -0.394 e. The summed E-state index contributed by atoms with van der Waals surface area (Å²) in [5.74, 6) is -0.655. The number of nitrogens with zero attached hydrogens (tertiary/aromatic N) is 4. The fourth-order valence-corrected chi connectivity index (χ4v) is 4.02. The van der Waals surface area contributed by atoms with Gasteiger partial charge in [-0.05, 0) is 48.7 Å². The number of pyridine rings is 2. The normalized spacial score (nSPS) is 12.3. The summed E-state index contributed by atoms with van der Waals surface area (Å²) < 4.78 is 44.0. The van der Waals surface area contributed by atoms with Gasteiger partial charge in [0.15, 0.2) is 0 Å². The molecule has 0 spiro atoms. The van der Waals surface area contributed by atoms with Gasteiger partial charge in [0.2, 0.25) is 0 Å². The van der Waals surface area contributed by atoms with Crippen molar-refractivity contribution in [3.63, 3.8) is 0 Å². The number of rotatable bonds is 7. The predicted octanol–water partition coefficient (Wildman–Crippen LogP) is 4.30.